The first-order chi connectivity index (χ1) is 31.6. The van der Waals surface area contributed by atoms with Crippen molar-refractivity contribution in [3.63, 3.8) is 0 Å². The molecular weight excluding hydrogens is 789 g/mol. The molecule has 0 spiro atoms. The van der Waals surface area contributed by atoms with Crippen LogP contribution in [0.1, 0.15) is 271 Å². The average molecular weight is 893 g/mol. The maximum Gasteiger partial charge on any atom is 0.306 e. The number of esters is 2. The fraction of sp³-hybridized carbons (Fsp3) is 0.763. The average Bonchev–Trinajstić information content (AvgIpc) is 3.30. The molecule has 5 nitrogen and oxygen atoms in total. The van der Waals surface area contributed by atoms with Crippen LogP contribution in [0, 0.1) is 0 Å². The van der Waals surface area contributed by atoms with Crippen molar-refractivity contribution >= 4 is 11.9 Å². The van der Waals surface area contributed by atoms with Gasteiger partial charge in [0.15, 0.2) is 6.10 Å². The van der Waals surface area contributed by atoms with E-state index in [1.165, 1.54) is 167 Å². The molecular formula is C59H104O5. The Morgan fingerprint density at radius 1 is 0.375 bits per heavy atom. The molecule has 1 N–H and O–H groups in total. The van der Waals surface area contributed by atoms with Gasteiger partial charge < -0.3 is 14.6 Å². The minimum absolute atomic E-state index is 0.0810. The van der Waals surface area contributed by atoms with Gasteiger partial charge in [0.2, 0.25) is 0 Å². The van der Waals surface area contributed by atoms with Crippen LogP contribution in [0.2, 0.25) is 0 Å². The summed E-state index contributed by atoms with van der Waals surface area (Å²) in [7, 11) is 0. The van der Waals surface area contributed by atoms with Crippen molar-refractivity contribution in [2.45, 2.75) is 277 Å². The van der Waals surface area contributed by atoms with Gasteiger partial charge in [-0.1, -0.05) is 247 Å². The summed E-state index contributed by atoms with van der Waals surface area (Å²) in [5.74, 6) is -0.620. The van der Waals surface area contributed by atoms with E-state index in [-0.39, 0.29) is 25.2 Å². The number of ether oxygens (including phenoxy) is 2. The smallest absolute Gasteiger partial charge is 0.306 e. The van der Waals surface area contributed by atoms with Crippen LogP contribution in [-0.4, -0.2) is 36.4 Å². The molecule has 0 aromatic rings. The van der Waals surface area contributed by atoms with Crippen molar-refractivity contribution in [2.75, 3.05) is 13.2 Å². The third-order valence-electron chi connectivity index (χ3n) is 12.0. The van der Waals surface area contributed by atoms with Crippen molar-refractivity contribution < 1.29 is 24.2 Å². The van der Waals surface area contributed by atoms with Gasteiger partial charge in [0.25, 0.3) is 0 Å². The van der Waals surface area contributed by atoms with Crippen molar-refractivity contribution in [1.82, 2.24) is 0 Å². The summed E-state index contributed by atoms with van der Waals surface area (Å²) >= 11 is 0. The Hall–Kier alpha value is -2.66. The molecule has 0 heterocycles. The SMILES string of the molecule is CC/C=C\C/C=C\C/C=C\CCCCCC(=O)OCC(CO)OC(=O)CCCCCCCCCCCCCCCCCCCCCCCC/C=C\C/C=C\C/C=C\CCCCCCC. The number of aliphatic hydroxyl groups excluding tert-OH is 1. The zero-order valence-corrected chi connectivity index (χ0v) is 42.3. The molecule has 0 aromatic carbocycles. The highest BCUT2D eigenvalue weighted by molar-refractivity contribution is 5.70. The van der Waals surface area contributed by atoms with E-state index in [0.29, 0.717) is 12.8 Å². The second-order valence-corrected chi connectivity index (χ2v) is 18.3. The van der Waals surface area contributed by atoms with Crippen LogP contribution >= 0.6 is 0 Å². The molecule has 1 unspecified atom stereocenters. The Kier molecular flexibility index (Phi) is 52.4. The van der Waals surface area contributed by atoms with Crippen LogP contribution in [0.4, 0.5) is 0 Å². The van der Waals surface area contributed by atoms with Crippen molar-refractivity contribution in [1.29, 1.82) is 0 Å². The first kappa shape index (κ1) is 61.3. The van der Waals surface area contributed by atoms with E-state index < -0.39 is 6.10 Å². The van der Waals surface area contributed by atoms with Gasteiger partial charge in [0, 0.05) is 12.8 Å². The number of aliphatic hydroxyl groups is 1. The maximum atomic E-state index is 12.3. The third-order valence-corrected chi connectivity index (χ3v) is 12.0. The topological polar surface area (TPSA) is 72.8 Å². The summed E-state index contributed by atoms with van der Waals surface area (Å²) in [6.45, 7) is 4.00. The quantitative estimate of drug-likeness (QED) is 0.0374. The molecule has 0 fully saturated rings. The number of hydrogen-bond acceptors (Lipinski definition) is 5. The Labute approximate surface area is 397 Å². The van der Waals surface area contributed by atoms with Gasteiger partial charge in [-0.2, -0.15) is 0 Å². The number of unbranched alkanes of at least 4 members (excludes halogenated alkanes) is 30. The molecule has 0 bridgehead atoms. The predicted molar refractivity (Wildman–Crippen MR) is 279 cm³/mol. The molecule has 370 valence electrons. The fourth-order valence-electron chi connectivity index (χ4n) is 7.87. The highest BCUT2D eigenvalue weighted by Crippen LogP contribution is 2.16. The normalized spacial score (nSPS) is 12.7. The second kappa shape index (κ2) is 54.7. The lowest BCUT2D eigenvalue weighted by molar-refractivity contribution is -0.161. The molecule has 0 aliphatic heterocycles. The molecule has 1 atom stereocenters. The predicted octanol–water partition coefficient (Wildman–Crippen LogP) is 18.4. The van der Waals surface area contributed by atoms with E-state index >= 15 is 0 Å². The third kappa shape index (κ3) is 52.0. The summed E-state index contributed by atoms with van der Waals surface area (Å²) in [6, 6.07) is 0. The zero-order chi connectivity index (χ0) is 46.3. The van der Waals surface area contributed by atoms with Crippen LogP contribution in [-0.2, 0) is 19.1 Å². The Bertz CT molecular complexity index is 1150. The molecule has 64 heavy (non-hydrogen) atoms. The van der Waals surface area contributed by atoms with E-state index in [1.807, 2.05) is 0 Å². The highest BCUT2D eigenvalue weighted by Gasteiger charge is 2.16. The van der Waals surface area contributed by atoms with Gasteiger partial charge in [-0.25, -0.2) is 0 Å². The van der Waals surface area contributed by atoms with Crippen LogP contribution in [0.25, 0.3) is 0 Å². The zero-order valence-electron chi connectivity index (χ0n) is 42.3. The minimum Gasteiger partial charge on any atom is -0.462 e. The van der Waals surface area contributed by atoms with Gasteiger partial charge in [0.1, 0.15) is 6.61 Å². The summed E-state index contributed by atoms with van der Waals surface area (Å²) in [4.78, 5) is 24.4. The summed E-state index contributed by atoms with van der Waals surface area (Å²) < 4.78 is 10.6. The molecule has 0 aliphatic rings. The number of allylic oxidation sites excluding steroid dienone is 12. The number of hydrogen-bond donors (Lipinski definition) is 1. The second-order valence-electron chi connectivity index (χ2n) is 18.3. The molecule has 0 radical (unpaired) electrons. The number of carbonyl (C=O) groups is 2. The molecule has 0 saturated heterocycles. The molecule has 0 aliphatic carbocycles. The molecule has 5 heteroatoms. The largest absolute Gasteiger partial charge is 0.462 e. The van der Waals surface area contributed by atoms with Crippen LogP contribution in [0.15, 0.2) is 72.9 Å². The first-order valence-electron chi connectivity index (χ1n) is 27.5. The van der Waals surface area contributed by atoms with E-state index in [0.717, 1.165) is 77.0 Å². The van der Waals surface area contributed by atoms with Gasteiger partial charge in [-0.15, -0.1) is 0 Å². The minimum atomic E-state index is -0.784. The lowest BCUT2D eigenvalue weighted by atomic mass is 10.0. The first-order valence-corrected chi connectivity index (χ1v) is 27.5. The number of carbonyl (C=O) groups excluding carboxylic acids is 2. The Morgan fingerprint density at radius 2 is 0.672 bits per heavy atom. The van der Waals surface area contributed by atoms with Gasteiger partial charge in [-0.3, -0.25) is 9.59 Å². The standard InChI is InChI=1S/C59H104O5/c1-3-5-7-9-11-13-15-17-18-19-20-21-22-23-24-25-26-27-28-29-30-31-32-33-34-35-36-37-38-39-40-42-44-46-48-50-52-54-59(62)64-57(55-60)56-63-58(61)53-51-49-47-45-43-41-16-14-12-10-8-6-4-2/h6,8,12,14-15,17,19-20,22-23,41,43,57,60H,3-5,7,9-11,13,16,18,21,24-40,42,44-56H2,1-2H3/b8-6-,14-12-,17-15-,20-19-,23-22-,43-41-. The number of rotatable bonds is 50. The van der Waals surface area contributed by atoms with E-state index in [4.69, 9.17) is 9.47 Å². The lowest BCUT2D eigenvalue weighted by Gasteiger charge is -2.15. The fourth-order valence-corrected chi connectivity index (χ4v) is 7.87. The Balaban J connectivity index is 3.42. The van der Waals surface area contributed by atoms with Crippen LogP contribution in [0.3, 0.4) is 0 Å². The molecule has 0 rings (SSSR count). The summed E-state index contributed by atoms with van der Waals surface area (Å²) in [6.07, 6.45) is 74.7. The lowest BCUT2D eigenvalue weighted by Crippen LogP contribution is -2.28. The van der Waals surface area contributed by atoms with Gasteiger partial charge in [0.05, 0.1) is 6.61 Å². The van der Waals surface area contributed by atoms with E-state index in [2.05, 4.69) is 86.8 Å². The summed E-state index contributed by atoms with van der Waals surface area (Å²) in [5, 5.41) is 9.61. The molecule has 0 aromatic heterocycles. The summed E-state index contributed by atoms with van der Waals surface area (Å²) in [5.41, 5.74) is 0. The van der Waals surface area contributed by atoms with E-state index in [9.17, 15) is 14.7 Å². The highest BCUT2D eigenvalue weighted by atomic mass is 16.6. The Morgan fingerprint density at radius 3 is 1.03 bits per heavy atom. The van der Waals surface area contributed by atoms with Crippen molar-refractivity contribution in [2.24, 2.45) is 0 Å². The van der Waals surface area contributed by atoms with Crippen molar-refractivity contribution in [3.05, 3.63) is 72.9 Å². The maximum absolute atomic E-state index is 12.3. The molecule has 0 saturated carbocycles. The van der Waals surface area contributed by atoms with Crippen molar-refractivity contribution in [3.8, 4) is 0 Å². The van der Waals surface area contributed by atoms with Gasteiger partial charge >= 0.3 is 11.9 Å². The van der Waals surface area contributed by atoms with Crippen LogP contribution in [0.5, 0.6) is 0 Å². The van der Waals surface area contributed by atoms with Gasteiger partial charge in [-0.05, 0) is 83.5 Å². The van der Waals surface area contributed by atoms with E-state index in [1.54, 1.807) is 0 Å². The monoisotopic (exact) mass is 893 g/mol. The molecule has 0 amide bonds. The van der Waals surface area contributed by atoms with Crippen LogP contribution < -0.4 is 0 Å².